The van der Waals surface area contributed by atoms with E-state index in [9.17, 15) is 0 Å². The van der Waals surface area contributed by atoms with E-state index >= 15 is 0 Å². The minimum Gasteiger partial charge on any atom is -0.127 e. The Bertz CT molecular complexity index is 393. The van der Waals surface area contributed by atoms with Crippen molar-refractivity contribution in [2.24, 2.45) is 0 Å². The number of hydrogen-bond donors (Lipinski definition) is 0. The molecule has 0 radical (unpaired) electrons. The third kappa shape index (κ3) is 7.26. The highest BCUT2D eigenvalue weighted by molar-refractivity contribution is 6.87. The van der Waals surface area contributed by atoms with Gasteiger partial charge in [0.05, 0.1) is 0 Å². The molecule has 0 heterocycles. The second-order valence-electron chi connectivity index (χ2n) is 7.00. The summed E-state index contributed by atoms with van der Waals surface area (Å²) in [7, 11) is -2.69. The van der Waals surface area contributed by atoms with E-state index in [1.165, 1.54) is 0 Å². The maximum absolute atomic E-state index is 3.44. The molecule has 0 bridgehead atoms. The van der Waals surface area contributed by atoms with Gasteiger partial charge in [-0.05, 0) is 17.2 Å². The Kier molecular flexibility index (Phi) is 5.52. The van der Waals surface area contributed by atoms with Gasteiger partial charge in [-0.25, -0.2) is 0 Å². The average Bonchev–Trinajstić information content (AvgIpc) is 2.07. The highest BCUT2D eigenvalue weighted by Crippen LogP contribution is 2.34. The van der Waals surface area contributed by atoms with Crippen LogP contribution in [-0.2, 0) is 0 Å². The molecule has 0 saturated carbocycles. The lowest BCUT2D eigenvalue weighted by atomic mass is 10.2. The van der Waals surface area contributed by atoms with Crippen LogP contribution in [0.5, 0.6) is 0 Å². The summed E-state index contributed by atoms with van der Waals surface area (Å²) in [5.41, 5.74) is 6.74. The highest BCUT2D eigenvalue weighted by Gasteiger charge is 2.33. The number of hydrogen-bond acceptors (Lipinski definition) is 0. The van der Waals surface area contributed by atoms with Gasteiger partial charge in [-0.15, -0.1) is 11.1 Å². The zero-order valence-corrected chi connectivity index (χ0v) is 14.7. The fraction of sp³-hybridized carbons (Fsp3) is 0.600. The van der Waals surface area contributed by atoms with E-state index in [2.05, 4.69) is 76.4 Å². The van der Waals surface area contributed by atoms with E-state index in [4.69, 9.17) is 0 Å². The van der Waals surface area contributed by atoms with Crippen LogP contribution in [-0.4, -0.2) is 16.1 Å². The molecule has 17 heavy (non-hydrogen) atoms. The topological polar surface area (TPSA) is 0 Å². The van der Waals surface area contributed by atoms with Crippen LogP contribution in [0.4, 0.5) is 0 Å². The summed E-state index contributed by atoms with van der Waals surface area (Å²) in [6, 6.07) is 0. The number of allylic oxidation sites excluding steroid dienone is 2. The van der Waals surface area contributed by atoms with E-state index < -0.39 is 16.1 Å². The van der Waals surface area contributed by atoms with Crippen LogP contribution in [0.3, 0.4) is 0 Å². The minimum absolute atomic E-state index is 0.331. The SMILES string of the molecule is CC(C)(C)[Si](C)(C)C#C/C=C\C#C[Si](C)(C)C. The average molecular weight is 263 g/mol. The Morgan fingerprint density at radius 2 is 1.18 bits per heavy atom. The third-order valence-electron chi connectivity index (χ3n) is 2.96. The molecule has 0 aromatic rings. The Morgan fingerprint density at radius 1 is 0.765 bits per heavy atom. The molecule has 0 unspecified atom stereocenters. The molecule has 2 heteroatoms. The second-order valence-corrected chi connectivity index (χ2v) is 16.7. The van der Waals surface area contributed by atoms with Gasteiger partial charge in [0.1, 0.15) is 16.1 Å². The zero-order valence-electron chi connectivity index (χ0n) is 12.7. The van der Waals surface area contributed by atoms with Crippen LogP contribution in [0.1, 0.15) is 20.8 Å². The van der Waals surface area contributed by atoms with E-state index in [1.807, 2.05) is 12.2 Å². The molecular weight excluding hydrogens is 236 g/mol. The first-order chi connectivity index (χ1) is 7.46. The fourth-order valence-corrected chi connectivity index (χ4v) is 2.09. The van der Waals surface area contributed by atoms with Crippen LogP contribution in [0.15, 0.2) is 12.2 Å². The lowest BCUT2D eigenvalue weighted by Crippen LogP contribution is -2.35. The van der Waals surface area contributed by atoms with E-state index in [1.54, 1.807) is 0 Å². The van der Waals surface area contributed by atoms with Crippen LogP contribution in [0, 0.1) is 22.9 Å². The van der Waals surface area contributed by atoms with Gasteiger partial charge in [-0.2, -0.15) is 0 Å². The smallest absolute Gasteiger partial charge is 0.127 e. The monoisotopic (exact) mass is 262 g/mol. The molecule has 0 aromatic carbocycles. The summed E-state index contributed by atoms with van der Waals surface area (Å²) in [5, 5.41) is 0.331. The second kappa shape index (κ2) is 5.76. The van der Waals surface area contributed by atoms with Gasteiger partial charge in [0.25, 0.3) is 0 Å². The van der Waals surface area contributed by atoms with Gasteiger partial charge >= 0.3 is 0 Å². The van der Waals surface area contributed by atoms with Crippen LogP contribution in [0.25, 0.3) is 0 Å². The van der Waals surface area contributed by atoms with Crippen molar-refractivity contribution >= 4 is 16.1 Å². The Balaban J connectivity index is 4.60. The molecule has 0 aliphatic heterocycles. The molecule has 0 N–H and O–H groups in total. The molecule has 0 rings (SSSR count). The third-order valence-corrected chi connectivity index (χ3v) is 8.37. The van der Waals surface area contributed by atoms with Crippen molar-refractivity contribution in [1.82, 2.24) is 0 Å². The zero-order chi connectivity index (χ0) is 13.7. The summed E-state index contributed by atoms with van der Waals surface area (Å²) in [6.45, 7) is 18.2. The lowest BCUT2D eigenvalue weighted by Gasteiger charge is -2.31. The predicted octanol–water partition coefficient (Wildman–Crippen LogP) is 4.47. The van der Waals surface area contributed by atoms with Crippen molar-refractivity contribution in [2.45, 2.75) is 58.5 Å². The maximum Gasteiger partial charge on any atom is 0.138 e. The lowest BCUT2D eigenvalue weighted by molar-refractivity contribution is 0.731. The molecule has 0 aliphatic rings. The van der Waals surface area contributed by atoms with Crippen molar-refractivity contribution in [2.75, 3.05) is 0 Å². The van der Waals surface area contributed by atoms with Crippen molar-refractivity contribution < 1.29 is 0 Å². The Morgan fingerprint density at radius 3 is 1.53 bits per heavy atom. The standard InChI is InChI=1S/C15H26Si2/c1-15(2,3)17(7,8)14-12-10-9-11-13-16(4,5)6/h9-10H,1-8H3/b10-9-. The van der Waals surface area contributed by atoms with Crippen molar-refractivity contribution in [3.05, 3.63) is 12.2 Å². The molecule has 0 aromatic heterocycles. The molecule has 0 spiro atoms. The van der Waals surface area contributed by atoms with Gasteiger partial charge in [0.2, 0.25) is 0 Å². The van der Waals surface area contributed by atoms with Crippen molar-refractivity contribution in [1.29, 1.82) is 0 Å². The van der Waals surface area contributed by atoms with Gasteiger partial charge in [-0.3, -0.25) is 0 Å². The highest BCUT2D eigenvalue weighted by atomic mass is 28.3. The first-order valence-corrected chi connectivity index (χ1v) is 12.7. The predicted molar refractivity (Wildman–Crippen MR) is 85.2 cm³/mol. The molecular formula is C15H26Si2. The van der Waals surface area contributed by atoms with E-state index in [0.717, 1.165) is 0 Å². The van der Waals surface area contributed by atoms with Crippen LogP contribution < -0.4 is 0 Å². The first kappa shape index (κ1) is 16.3. The summed E-state index contributed by atoms with van der Waals surface area (Å²) in [6.07, 6.45) is 3.78. The summed E-state index contributed by atoms with van der Waals surface area (Å²) in [4.78, 5) is 0. The summed E-state index contributed by atoms with van der Waals surface area (Å²) >= 11 is 0. The number of rotatable bonds is 0. The molecule has 0 saturated heterocycles. The van der Waals surface area contributed by atoms with E-state index in [-0.39, 0.29) is 0 Å². The molecule has 0 atom stereocenters. The van der Waals surface area contributed by atoms with Crippen LogP contribution >= 0.6 is 0 Å². The normalized spacial score (nSPS) is 12.7. The van der Waals surface area contributed by atoms with Gasteiger partial charge in [-0.1, -0.05) is 65.3 Å². The van der Waals surface area contributed by atoms with Crippen molar-refractivity contribution in [3.63, 3.8) is 0 Å². The van der Waals surface area contributed by atoms with Crippen LogP contribution in [0.2, 0.25) is 37.8 Å². The molecule has 0 amide bonds. The molecule has 0 nitrogen and oxygen atoms in total. The van der Waals surface area contributed by atoms with E-state index in [0.29, 0.717) is 5.04 Å². The maximum atomic E-state index is 3.44. The van der Waals surface area contributed by atoms with Gasteiger partial charge < -0.3 is 0 Å². The van der Waals surface area contributed by atoms with Crippen molar-refractivity contribution in [3.8, 4) is 22.9 Å². The van der Waals surface area contributed by atoms with Gasteiger partial charge in [0, 0.05) is 0 Å². The minimum atomic E-state index is -1.45. The van der Waals surface area contributed by atoms with Gasteiger partial charge in [0.15, 0.2) is 0 Å². The largest absolute Gasteiger partial charge is 0.138 e. The quantitative estimate of drug-likeness (QED) is 0.446. The molecule has 0 aliphatic carbocycles. The Hall–Kier alpha value is -0.706. The molecule has 94 valence electrons. The first-order valence-electron chi connectivity index (χ1n) is 6.16. The molecule has 0 fully saturated rings. The summed E-state index contributed by atoms with van der Waals surface area (Å²) < 4.78 is 0. The summed E-state index contributed by atoms with van der Waals surface area (Å²) in [5.74, 6) is 6.26. The fourth-order valence-electron chi connectivity index (χ4n) is 0.751. The Labute approximate surface area is 110 Å².